The van der Waals surface area contributed by atoms with Gasteiger partial charge in [-0.15, -0.1) is 0 Å². The van der Waals surface area contributed by atoms with E-state index in [0.717, 1.165) is 11.4 Å². The maximum absolute atomic E-state index is 12.0. The molecule has 0 saturated heterocycles. The van der Waals surface area contributed by atoms with E-state index in [2.05, 4.69) is 5.10 Å². The molecule has 0 aliphatic heterocycles. The SMILES string of the molecule is Cc1cc(CC(=O)N(C)C(C)CC(=O)O)n(C)n1. The molecule has 100 valence electrons. The largest absolute Gasteiger partial charge is 0.481 e. The zero-order valence-electron chi connectivity index (χ0n) is 11.2. The van der Waals surface area contributed by atoms with Crippen LogP contribution in [0.2, 0.25) is 0 Å². The van der Waals surface area contributed by atoms with Crippen LogP contribution in [0.1, 0.15) is 24.7 Å². The number of nitrogens with zero attached hydrogens (tertiary/aromatic N) is 3. The Hall–Kier alpha value is -1.85. The van der Waals surface area contributed by atoms with Gasteiger partial charge in [0.15, 0.2) is 0 Å². The van der Waals surface area contributed by atoms with Crippen molar-refractivity contribution in [1.82, 2.24) is 14.7 Å². The molecule has 6 heteroatoms. The number of carboxylic acid groups (broad SMARTS) is 1. The number of carboxylic acids is 1. The summed E-state index contributed by atoms with van der Waals surface area (Å²) in [6, 6.07) is 1.54. The number of carbonyl (C=O) groups excluding carboxylic acids is 1. The lowest BCUT2D eigenvalue weighted by Crippen LogP contribution is -2.37. The quantitative estimate of drug-likeness (QED) is 0.833. The van der Waals surface area contributed by atoms with Crippen LogP contribution in [0.5, 0.6) is 0 Å². The topological polar surface area (TPSA) is 75.4 Å². The Labute approximate surface area is 106 Å². The summed E-state index contributed by atoms with van der Waals surface area (Å²) in [6.07, 6.45) is 0.185. The minimum atomic E-state index is -0.904. The second-order valence-corrected chi connectivity index (χ2v) is 4.53. The smallest absolute Gasteiger partial charge is 0.305 e. The number of aromatic nitrogens is 2. The molecule has 1 unspecified atom stereocenters. The third kappa shape index (κ3) is 3.58. The van der Waals surface area contributed by atoms with Crippen LogP contribution in [0.25, 0.3) is 0 Å². The van der Waals surface area contributed by atoms with Crippen LogP contribution >= 0.6 is 0 Å². The minimum absolute atomic E-state index is 0.0490. The van der Waals surface area contributed by atoms with E-state index in [1.807, 2.05) is 13.0 Å². The highest BCUT2D eigenvalue weighted by atomic mass is 16.4. The van der Waals surface area contributed by atoms with E-state index >= 15 is 0 Å². The van der Waals surface area contributed by atoms with Crippen LogP contribution in [0.3, 0.4) is 0 Å². The highest BCUT2D eigenvalue weighted by Gasteiger charge is 2.19. The molecule has 1 heterocycles. The Bertz CT molecular complexity index is 453. The van der Waals surface area contributed by atoms with Gasteiger partial charge in [0.25, 0.3) is 0 Å². The molecule has 0 radical (unpaired) electrons. The van der Waals surface area contributed by atoms with E-state index in [9.17, 15) is 9.59 Å². The molecule has 1 aromatic heterocycles. The lowest BCUT2D eigenvalue weighted by molar-refractivity contribution is -0.139. The number of amides is 1. The van der Waals surface area contributed by atoms with Gasteiger partial charge >= 0.3 is 5.97 Å². The molecule has 0 spiro atoms. The monoisotopic (exact) mass is 253 g/mol. The highest BCUT2D eigenvalue weighted by molar-refractivity contribution is 5.79. The standard InChI is InChI=1S/C12H19N3O3/c1-8-5-10(15(4)13-8)7-11(16)14(3)9(2)6-12(17)18/h5,9H,6-7H2,1-4H3,(H,17,18). The van der Waals surface area contributed by atoms with Gasteiger partial charge < -0.3 is 10.0 Å². The molecular weight excluding hydrogens is 234 g/mol. The summed E-state index contributed by atoms with van der Waals surface area (Å²) in [7, 11) is 3.41. The van der Waals surface area contributed by atoms with Crippen molar-refractivity contribution < 1.29 is 14.7 Å². The number of aryl methyl sites for hydroxylation is 2. The molecule has 1 N–H and O–H groups in total. The lowest BCUT2D eigenvalue weighted by atomic mass is 10.2. The van der Waals surface area contributed by atoms with Crippen molar-refractivity contribution in [1.29, 1.82) is 0 Å². The van der Waals surface area contributed by atoms with Gasteiger partial charge in [-0.1, -0.05) is 0 Å². The molecule has 0 aliphatic carbocycles. The van der Waals surface area contributed by atoms with Gasteiger partial charge in [-0.25, -0.2) is 0 Å². The first-order valence-electron chi connectivity index (χ1n) is 5.78. The van der Waals surface area contributed by atoms with Crippen LogP contribution < -0.4 is 0 Å². The van der Waals surface area contributed by atoms with Crippen LogP contribution in [-0.4, -0.2) is 44.8 Å². The van der Waals surface area contributed by atoms with Gasteiger partial charge in [-0.2, -0.15) is 5.10 Å². The first-order valence-corrected chi connectivity index (χ1v) is 5.78. The predicted molar refractivity (Wildman–Crippen MR) is 66.1 cm³/mol. The Kier molecular flexibility index (Phi) is 4.47. The van der Waals surface area contributed by atoms with Gasteiger partial charge in [0.1, 0.15) is 0 Å². The Morgan fingerprint density at radius 1 is 1.56 bits per heavy atom. The fourth-order valence-electron chi connectivity index (χ4n) is 1.74. The number of likely N-dealkylation sites (N-methyl/N-ethyl adjacent to an activating group) is 1. The van der Waals surface area contributed by atoms with Gasteiger partial charge in [-0.3, -0.25) is 14.3 Å². The van der Waals surface area contributed by atoms with Crippen LogP contribution in [0.4, 0.5) is 0 Å². The van der Waals surface area contributed by atoms with Gasteiger partial charge in [-0.05, 0) is 19.9 Å². The summed E-state index contributed by atoms with van der Waals surface area (Å²) < 4.78 is 1.67. The average Bonchev–Trinajstić information content (AvgIpc) is 2.55. The number of rotatable bonds is 5. The zero-order valence-corrected chi connectivity index (χ0v) is 11.2. The minimum Gasteiger partial charge on any atom is -0.481 e. The van der Waals surface area contributed by atoms with Gasteiger partial charge in [0.05, 0.1) is 18.5 Å². The van der Waals surface area contributed by atoms with Crippen LogP contribution in [0, 0.1) is 6.92 Å². The fraction of sp³-hybridized carbons (Fsp3) is 0.583. The van der Waals surface area contributed by atoms with Crippen molar-refractivity contribution in [2.24, 2.45) is 7.05 Å². The van der Waals surface area contributed by atoms with Crippen molar-refractivity contribution >= 4 is 11.9 Å². The van der Waals surface area contributed by atoms with Gasteiger partial charge in [0.2, 0.25) is 5.91 Å². The highest BCUT2D eigenvalue weighted by Crippen LogP contribution is 2.08. The third-order valence-corrected chi connectivity index (χ3v) is 2.96. The Morgan fingerprint density at radius 3 is 2.61 bits per heavy atom. The summed E-state index contributed by atoms with van der Waals surface area (Å²) in [6.45, 7) is 3.59. The Morgan fingerprint density at radius 2 is 2.17 bits per heavy atom. The number of hydrogen-bond acceptors (Lipinski definition) is 3. The van der Waals surface area contributed by atoms with Crippen molar-refractivity contribution in [2.75, 3.05) is 7.05 Å². The number of aliphatic carboxylic acids is 1. The molecule has 1 atom stereocenters. The third-order valence-electron chi connectivity index (χ3n) is 2.96. The molecule has 0 fully saturated rings. The van der Waals surface area contributed by atoms with E-state index in [4.69, 9.17) is 5.11 Å². The van der Waals surface area contributed by atoms with Crippen LogP contribution in [0.15, 0.2) is 6.07 Å². The summed E-state index contributed by atoms with van der Waals surface area (Å²) in [5, 5.41) is 12.9. The van der Waals surface area contributed by atoms with E-state index in [1.165, 1.54) is 4.90 Å². The summed E-state index contributed by atoms with van der Waals surface area (Å²) in [4.78, 5) is 24.1. The number of carbonyl (C=O) groups is 2. The normalized spacial score (nSPS) is 12.2. The maximum atomic E-state index is 12.0. The molecule has 0 saturated carbocycles. The van der Waals surface area contributed by atoms with Crippen LogP contribution in [-0.2, 0) is 23.1 Å². The van der Waals surface area contributed by atoms with E-state index in [0.29, 0.717) is 0 Å². The molecule has 6 nitrogen and oxygen atoms in total. The summed E-state index contributed by atoms with van der Waals surface area (Å²) in [5.74, 6) is -1.01. The fourth-order valence-corrected chi connectivity index (χ4v) is 1.74. The van der Waals surface area contributed by atoms with Crippen molar-refractivity contribution in [3.8, 4) is 0 Å². The molecule has 0 aromatic carbocycles. The van der Waals surface area contributed by atoms with E-state index in [-0.39, 0.29) is 24.8 Å². The number of hydrogen-bond donors (Lipinski definition) is 1. The molecular formula is C12H19N3O3. The van der Waals surface area contributed by atoms with Crippen molar-refractivity contribution in [3.63, 3.8) is 0 Å². The van der Waals surface area contributed by atoms with E-state index < -0.39 is 5.97 Å². The average molecular weight is 253 g/mol. The molecule has 18 heavy (non-hydrogen) atoms. The molecule has 1 rings (SSSR count). The first kappa shape index (κ1) is 14.2. The molecule has 1 aromatic rings. The first-order chi connectivity index (χ1) is 8.31. The summed E-state index contributed by atoms with van der Waals surface area (Å²) in [5.41, 5.74) is 1.69. The van der Waals surface area contributed by atoms with Crippen molar-refractivity contribution in [2.45, 2.75) is 32.7 Å². The second kappa shape index (κ2) is 5.66. The Balaban J connectivity index is 2.65. The second-order valence-electron chi connectivity index (χ2n) is 4.53. The lowest BCUT2D eigenvalue weighted by Gasteiger charge is -2.23. The predicted octanol–water partition coefficient (Wildman–Crippen LogP) is 0.593. The molecule has 0 aliphatic rings. The summed E-state index contributed by atoms with van der Waals surface area (Å²) >= 11 is 0. The van der Waals surface area contributed by atoms with Gasteiger partial charge in [0, 0.05) is 25.8 Å². The molecule has 1 amide bonds. The van der Waals surface area contributed by atoms with E-state index in [1.54, 1.807) is 25.7 Å². The maximum Gasteiger partial charge on any atom is 0.305 e. The molecule has 0 bridgehead atoms. The van der Waals surface area contributed by atoms with Crippen molar-refractivity contribution in [3.05, 3.63) is 17.5 Å². The zero-order chi connectivity index (χ0) is 13.9.